The zero-order chi connectivity index (χ0) is 19.5. The van der Waals surface area contributed by atoms with E-state index < -0.39 is 0 Å². The normalized spacial score (nSPS) is 16.6. The molecule has 0 spiro atoms. The highest BCUT2D eigenvalue weighted by Gasteiger charge is 2.21. The van der Waals surface area contributed by atoms with E-state index in [2.05, 4.69) is 30.2 Å². The molecule has 1 aliphatic heterocycles. The summed E-state index contributed by atoms with van der Waals surface area (Å²) >= 11 is 0. The fraction of sp³-hybridized carbons (Fsp3) is 0.167. The number of benzene rings is 2. The maximum absolute atomic E-state index is 13.4. The van der Waals surface area contributed by atoms with E-state index in [1.54, 1.807) is 10.6 Å². The van der Waals surface area contributed by atoms with Gasteiger partial charge in [-0.3, -0.25) is 14.3 Å². The van der Waals surface area contributed by atoms with Crippen molar-refractivity contribution in [2.24, 2.45) is 0 Å². The topological polar surface area (TPSA) is 49.0 Å². The van der Waals surface area contributed by atoms with E-state index in [0.717, 1.165) is 24.2 Å². The van der Waals surface area contributed by atoms with Crippen molar-refractivity contribution < 1.29 is 0 Å². The molecule has 2 aromatic carbocycles. The lowest BCUT2D eigenvalue weighted by Gasteiger charge is -2.30. The lowest BCUT2D eigenvalue weighted by atomic mass is 9.95. The van der Waals surface area contributed by atoms with Crippen LogP contribution >= 0.6 is 0 Å². The largest absolute Gasteiger partial charge is 0.295 e. The average molecular weight is 367 g/mol. The number of nitrogens with zero attached hydrogens (tertiary/aromatic N) is 3. The van der Waals surface area contributed by atoms with Gasteiger partial charge in [-0.1, -0.05) is 48.6 Å². The summed E-state index contributed by atoms with van der Waals surface area (Å²) in [7, 11) is 2.09. The van der Waals surface area contributed by atoms with Crippen LogP contribution in [0.2, 0.25) is 0 Å². The summed E-state index contributed by atoms with van der Waals surface area (Å²) in [6, 6.07) is 21.3. The van der Waals surface area contributed by atoms with Crippen LogP contribution in [0, 0.1) is 11.3 Å². The van der Waals surface area contributed by atoms with Crippen LogP contribution in [0.25, 0.3) is 16.8 Å². The molecular weight excluding hydrogens is 346 g/mol. The minimum atomic E-state index is -0.119. The van der Waals surface area contributed by atoms with Gasteiger partial charge in [-0.15, -0.1) is 0 Å². The molecule has 0 saturated heterocycles. The standard InChI is InChI=1S/C24H21N3O/c1-26-14-8-7-13-23(26)19-15-22(21-12-6-5-9-18(21)16-25)24(28)27(17-19)20-10-3-2-4-11-20/h2-12,15,17,23H,13-14H2,1H3. The second kappa shape index (κ2) is 7.67. The Kier molecular flexibility index (Phi) is 4.92. The van der Waals surface area contributed by atoms with Crippen molar-refractivity contribution in [1.82, 2.24) is 9.47 Å². The molecule has 0 radical (unpaired) electrons. The van der Waals surface area contributed by atoms with Crippen molar-refractivity contribution in [3.05, 3.63) is 100 Å². The molecule has 0 fully saturated rings. The van der Waals surface area contributed by atoms with Gasteiger partial charge in [0.25, 0.3) is 5.56 Å². The highest BCUT2D eigenvalue weighted by molar-refractivity contribution is 5.70. The summed E-state index contributed by atoms with van der Waals surface area (Å²) in [5, 5.41) is 9.54. The Morgan fingerprint density at radius 1 is 1.00 bits per heavy atom. The first kappa shape index (κ1) is 18.0. The molecule has 3 aromatic rings. The Bertz CT molecular complexity index is 1120. The summed E-state index contributed by atoms with van der Waals surface area (Å²) in [5.41, 5.74) is 3.51. The van der Waals surface area contributed by atoms with Crippen LogP contribution in [0.5, 0.6) is 0 Å². The Labute approximate surface area is 164 Å². The van der Waals surface area contributed by atoms with Gasteiger partial charge in [0.05, 0.1) is 11.6 Å². The van der Waals surface area contributed by atoms with Gasteiger partial charge < -0.3 is 0 Å². The van der Waals surface area contributed by atoms with E-state index in [9.17, 15) is 10.1 Å². The van der Waals surface area contributed by atoms with Gasteiger partial charge in [-0.2, -0.15) is 5.26 Å². The smallest absolute Gasteiger partial charge is 0.263 e. The third-order valence-corrected chi connectivity index (χ3v) is 5.25. The first-order valence-electron chi connectivity index (χ1n) is 9.36. The Balaban J connectivity index is 1.98. The zero-order valence-electron chi connectivity index (χ0n) is 15.7. The minimum absolute atomic E-state index is 0.119. The fourth-order valence-electron chi connectivity index (χ4n) is 3.74. The summed E-state index contributed by atoms with van der Waals surface area (Å²) < 4.78 is 1.70. The van der Waals surface area contributed by atoms with Crippen LogP contribution < -0.4 is 5.56 Å². The van der Waals surface area contributed by atoms with Gasteiger partial charge in [-0.25, -0.2) is 0 Å². The van der Waals surface area contributed by atoms with Crippen molar-refractivity contribution in [3.8, 4) is 22.9 Å². The van der Waals surface area contributed by atoms with Crippen molar-refractivity contribution in [1.29, 1.82) is 5.26 Å². The van der Waals surface area contributed by atoms with Gasteiger partial charge in [0.15, 0.2) is 0 Å². The number of hydrogen-bond acceptors (Lipinski definition) is 3. The summed E-state index contributed by atoms with van der Waals surface area (Å²) in [4.78, 5) is 15.7. The maximum Gasteiger partial charge on any atom is 0.263 e. The first-order chi connectivity index (χ1) is 13.7. The highest BCUT2D eigenvalue weighted by atomic mass is 16.1. The Morgan fingerprint density at radius 2 is 1.75 bits per heavy atom. The SMILES string of the molecule is CN1CC=CCC1c1cc(-c2ccccc2C#N)c(=O)n(-c2ccccc2)c1. The zero-order valence-corrected chi connectivity index (χ0v) is 15.7. The van der Waals surface area contributed by atoms with Crippen LogP contribution in [0.1, 0.15) is 23.6 Å². The number of para-hydroxylation sites is 1. The number of aromatic nitrogens is 1. The van der Waals surface area contributed by atoms with Crippen molar-refractivity contribution in [3.63, 3.8) is 0 Å². The molecule has 0 bridgehead atoms. The quantitative estimate of drug-likeness (QED) is 0.648. The van der Waals surface area contributed by atoms with Crippen LogP contribution in [-0.4, -0.2) is 23.1 Å². The number of likely N-dealkylation sites (N-methyl/N-ethyl adjacent to an activating group) is 1. The number of rotatable bonds is 3. The van der Waals surface area contributed by atoms with Gasteiger partial charge in [0.2, 0.25) is 0 Å². The van der Waals surface area contributed by atoms with Gasteiger partial charge in [0.1, 0.15) is 0 Å². The van der Waals surface area contributed by atoms with Gasteiger partial charge in [0, 0.05) is 35.6 Å². The third-order valence-electron chi connectivity index (χ3n) is 5.25. The molecule has 0 saturated carbocycles. The monoisotopic (exact) mass is 367 g/mol. The van der Waals surface area contributed by atoms with Crippen molar-refractivity contribution in [2.45, 2.75) is 12.5 Å². The van der Waals surface area contributed by atoms with Crippen LogP contribution in [0.4, 0.5) is 0 Å². The lowest BCUT2D eigenvalue weighted by molar-refractivity contribution is 0.260. The summed E-state index contributed by atoms with van der Waals surface area (Å²) in [5.74, 6) is 0. The van der Waals surface area contributed by atoms with E-state index in [0.29, 0.717) is 16.7 Å². The van der Waals surface area contributed by atoms with E-state index in [1.165, 1.54) is 0 Å². The Morgan fingerprint density at radius 3 is 2.50 bits per heavy atom. The van der Waals surface area contributed by atoms with Gasteiger partial charge >= 0.3 is 0 Å². The molecule has 2 heterocycles. The Hall–Kier alpha value is -3.42. The van der Waals surface area contributed by atoms with E-state index >= 15 is 0 Å². The van der Waals surface area contributed by atoms with E-state index in [1.807, 2.05) is 60.8 Å². The average Bonchev–Trinajstić information content (AvgIpc) is 2.75. The van der Waals surface area contributed by atoms with Crippen LogP contribution in [0.15, 0.2) is 83.8 Å². The van der Waals surface area contributed by atoms with Crippen LogP contribution in [0.3, 0.4) is 0 Å². The summed E-state index contributed by atoms with van der Waals surface area (Å²) in [6.07, 6.45) is 7.18. The molecule has 0 aliphatic carbocycles. The van der Waals surface area contributed by atoms with Crippen molar-refractivity contribution in [2.75, 3.05) is 13.6 Å². The van der Waals surface area contributed by atoms with E-state index in [4.69, 9.17) is 0 Å². The second-order valence-corrected chi connectivity index (χ2v) is 7.02. The van der Waals surface area contributed by atoms with Crippen LogP contribution in [-0.2, 0) is 0 Å². The maximum atomic E-state index is 13.4. The predicted molar refractivity (Wildman–Crippen MR) is 111 cm³/mol. The molecule has 4 rings (SSSR count). The molecule has 1 aliphatic rings. The highest BCUT2D eigenvalue weighted by Crippen LogP contribution is 2.30. The first-order valence-corrected chi connectivity index (χ1v) is 9.36. The molecule has 0 N–H and O–H groups in total. The molecule has 1 atom stereocenters. The third kappa shape index (κ3) is 3.28. The molecule has 1 unspecified atom stereocenters. The predicted octanol–water partition coefficient (Wildman–Crippen LogP) is 4.31. The minimum Gasteiger partial charge on any atom is -0.295 e. The molecular formula is C24H21N3O. The van der Waals surface area contributed by atoms with E-state index in [-0.39, 0.29) is 11.6 Å². The summed E-state index contributed by atoms with van der Waals surface area (Å²) in [6.45, 7) is 0.874. The number of pyridine rings is 1. The molecule has 28 heavy (non-hydrogen) atoms. The van der Waals surface area contributed by atoms with Gasteiger partial charge in [-0.05, 0) is 43.3 Å². The molecule has 138 valence electrons. The lowest BCUT2D eigenvalue weighted by Crippen LogP contribution is -2.29. The number of nitriles is 1. The molecule has 4 nitrogen and oxygen atoms in total. The molecule has 4 heteroatoms. The molecule has 0 amide bonds. The second-order valence-electron chi connectivity index (χ2n) is 7.02. The number of hydrogen-bond donors (Lipinski definition) is 0. The molecule has 1 aromatic heterocycles. The van der Waals surface area contributed by atoms with Crippen molar-refractivity contribution >= 4 is 0 Å². The fourth-order valence-corrected chi connectivity index (χ4v) is 3.74.